The van der Waals surface area contributed by atoms with Gasteiger partial charge in [-0.05, 0) is 49.1 Å². The van der Waals surface area contributed by atoms with Crippen molar-refractivity contribution in [3.05, 3.63) is 58.2 Å². The smallest absolute Gasteiger partial charge is 0.251 e. The van der Waals surface area contributed by atoms with Crippen LogP contribution in [0.5, 0.6) is 11.5 Å². The van der Waals surface area contributed by atoms with Crippen LogP contribution in [-0.4, -0.2) is 25.1 Å². The number of para-hydroxylation sites is 1. The Bertz CT molecular complexity index is 1010. The molecule has 3 aromatic rings. The fraction of sp³-hybridized carbons (Fsp3) is 0.286. The molecule has 1 aliphatic rings. The third-order valence-corrected chi connectivity index (χ3v) is 5.46. The molecule has 1 atom stereocenters. The van der Waals surface area contributed by atoms with Gasteiger partial charge in [0.1, 0.15) is 0 Å². The Balaban J connectivity index is 1.64. The van der Waals surface area contributed by atoms with Crippen molar-refractivity contribution in [3.63, 3.8) is 0 Å². The molecular weight excluding hydrogens is 364 g/mol. The number of hydrogen-bond acceptors (Lipinski definition) is 3. The van der Waals surface area contributed by atoms with Gasteiger partial charge in [-0.3, -0.25) is 4.79 Å². The number of aromatic amines is 1. The highest BCUT2D eigenvalue weighted by Gasteiger charge is 2.26. The molecule has 0 fully saturated rings. The van der Waals surface area contributed by atoms with E-state index in [0.29, 0.717) is 22.1 Å². The van der Waals surface area contributed by atoms with Crippen molar-refractivity contribution in [2.75, 3.05) is 14.2 Å². The minimum Gasteiger partial charge on any atom is -0.493 e. The second-order valence-corrected chi connectivity index (χ2v) is 7.07. The molecule has 140 valence electrons. The van der Waals surface area contributed by atoms with E-state index in [-0.39, 0.29) is 11.9 Å². The molecule has 0 spiro atoms. The van der Waals surface area contributed by atoms with Crippen LogP contribution in [0.25, 0.3) is 10.9 Å². The van der Waals surface area contributed by atoms with Crippen molar-refractivity contribution in [3.8, 4) is 11.5 Å². The minimum absolute atomic E-state index is 0.0715. The SMILES string of the molecule is COc1ccc(C(=O)N[C@H]2CCCc3c2[nH]c2c(Cl)cccc32)cc1OC. The Morgan fingerprint density at radius 2 is 2.00 bits per heavy atom. The Kier molecular flexibility index (Phi) is 4.70. The van der Waals surface area contributed by atoms with Crippen LogP contribution >= 0.6 is 11.6 Å². The van der Waals surface area contributed by atoms with E-state index in [2.05, 4.69) is 16.4 Å². The van der Waals surface area contributed by atoms with Gasteiger partial charge in [-0.2, -0.15) is 0 Å². The van der Waals surface area contributed by atoms with E-state index < -0.39 is 0 Å². The molecule has 2 aromatic carbocycles. The number of carbonyl (C=O) groups is 1. The number of nitrogens with one attached hydrogen (secondary N) is 2. The lowest BCUT2D eigenvalue weighted by Gasteiger charge is -2.24. The number of fused-ring (bicyclic) bond motifs is 3. The van der Waals surface area contributed by atoms with Gasteiger partial charge in [0, 0.05) is 16.6 Å². The average Bonchev–Trinajstić information content (AvgIpc) is 3.08. The number of carbonyl (C=O) groups excluding carboxylic acids is 1. The van der Waals surface area contributed by atoms with Crippen LogP contribution in [0.15, 0.2) is 36.4 Å². The summed E-state index contributed by atoms with van der Waals surface area (Å²) < 4.78 is 10.5. The molecule has 1 aromatic heterocycles. The van der Waals surface area contributed by atoms with Gasteiger partial charge in [-0.25, -0.2) is 0 Å². The summed E-state index contributed by atoms with van der Waals surface area (Å²) in [7, 11) is 3.13. The highest BCUT2D eigenvalue weighted by atomic mass is 35.5. The van der Waals surface area contributed by atoms with E-state index in [1.807, 2.05) is 12.1 Å². The number of aryl methyl sites for hydroxylation is 1. The number of hydrogen-bond donors (Lipinski definition) is 2. The molecule has 1 amide bonds. The van der Waals surface area contributed by atoms with Crippen LogP contribution in [-0.2, 0) is 6.42 Å². The molecule has 0 saturated carbocycles. The zero-order chi connectivity index (χ0) is 19.0. The third-order valence-electron chi connectivity index (χ3n) is 5.14. The zero-order valence-corrected chi connectivity index (χ0v) is 16.0. The van der Waals surface area contributed by atoms with Gasteiger partial charge in [0.05, 0.1) is 30.8 Å². The maximum Gasteiger partial charge on any atom is 0.251 e. The quantitative estimate of drug-likeness (QED) is 0.688. The summed E-state index contributed by atoms with van der Waals surface area (Å²) in [5.41, 5.74) is 3.78. The lowest BCUT2D eigenvalue weighted by molar-refractivity contribution is 0.0931. The summed E-state index contributed by atoms with van der Waals surface area (Å²) >= 11 is 6.34. The zero-order valence-electron chi connectivity index (χ0n) is 15.3. The second kappa shape index (κ2) is 7.16. The fourth-order valence-corrected chi connectivity index (χ4v) is 4.04. The average molecular weight is 385 g/mol. The van der Waals surface area contributed by atoms with E-state index >= 15 is 0 Å². The molecule has 27 heavy (non-hydrogen) atoms. The lowest BCUT2D eigenvalue weighted by atomic mass is 9.91. The maximum atomic E-state index is 12.8. The Morgan fingerprint density at radius 3 is 2.78 bits per heavy atom. The van der Waals surface area contributed by atoms with Crippen molar-refractivity contribution >= 4 is 28.4 Å². The molecule has 2 N–H and O–H groups in total. The van der Waals surface area contributed by atoms with Gasteiger partial charge < -0.3 is 19.8 Å². The monoisotopic (exact) mass is 384 g/mol. The summed E-state index contributed by atoms with van der Waals surface area (Å²) in [6, 6.07) is 11.0. The van der Waals surface area contributed by atoms with Crippen LogP contribution in [0, 0.1) is 0 Å². The largest absolute Gasteiger partial charge is 0.493 e. The first-order valence-corrected chi connectivity index (χ1v) is 9.32. The molecule has 0 bridgehead atoms. The van der Waals surface area contributed by atoms with Crippen LogP contribution < -0.4 is 14.8 Å². The van der Waals surface area contributed by atoms with Crippen molar-refractivity contribution in [1.82, 2.24) is 10.3 Å². The molecule has 6 heteroatoms. The van der Waals surface area contributed by atoms with E-state index in [4.69, 9.17) is 21.1 Å². The number of amides is 1. The van der Waals surface area contributed by atoms with Gasteiger partial charge in [-0.1, -0.05) is 23.7 Å². The van der Waals surface area contributed by atoms with Crippen LogP contribution in [0.2, 0.25) is 5.02 Å². The van der Waals surface area contributed by atoms with E-state index in [1.54, 1.807) is 32.4 Å². The van der Waals surface area contributed by atoms with Crippen LogP contribution in [0.3, 0.4) is 0 Å². The van der Waals surface area contributed by atoms with E-state index in [1.165, 1.54) is 5.56 Å². The number of H-pyrrole nitrogens is 1. The molecule has 1 aliphatic carbocycles. The van der Waals surface area contributed by atoms with Gasteiger partial charge in [-0.15, -0.1) is 0 Å². The number of aromatic nitrogens is 1. The molecule has 0 aliphatic heterocycles. The Morgan fingerprint density at radius 1 is 1.19 bits per heavy atom. The molecule has 4 rings (SSSR count). The molecule has 0 saturated heterocycles. The molecular formula is C21H21ClN2O3. The van der Waals surface area contributed by atoms with Crippen molar-refractivity contribution in [2.45, 2.75) is 25.3 Å². The minimum atomic E-state index is -0.140. The number of halogens is 1. The normalized spacial score (nSPS) is 16.0. The van der Waals surface area contributed by atoms with Crippen LogP contribution in [0.4, 0.5) is 0 Å². The van der Waals surface area contributed by atoms with Crippen molar-refractivity contribution in [2.24, 2.45) is 0 Å². The predicted molar refractivity (Wildman–Crippen MR) is 106 cm³/mol. The Hall–Kier alpha value is -2.66. The lowest BCUT2D eigenvalue weighted by Crippen LogP contribution is -2.31. The molecule has 1 heterocycles. The highest BCUT2D eigenvalue weighted by Crippen LogP contribution is 2.37. The topological polar surface area (TPSA) is 63.3 Å². The maximum absolute atomic E-state index is 12.8. The predicted octanol–water partition coefficient (Wildman–Crippen LogP) is 4.65. The number of ether oxygens (including phenoxy) is 2. The standard InChI is InChI=1S/C21H21ClN2O3/c1-26-17-10-9-12(11-18(17)27-2)21(25)23-16-8-4-6-14-13-5-3-7-15(22)19(13)24-20(14)16/h3,5,7,9-11,16,24H,4,6,8H2,1-2H3,(H,23,25)/t16-/m0/s1. The third kappa shape index (κ3) is 3.12. The van der Waals surface area contributed by atoms with Crippen molar-refractivity contribution < 1.29 is 14.3 Å². The molecule has 5 nitrogen and oxygen atoms in total. The summed E-state index contributed by atoms with van der Waals surface area (Å²) in [6.07, 6.45) is 2.89. The van der Waals surface area contributed by atoms with E-state index in [9.17, 15) is 4.79 Å². The molecule has 0 unspecified atom stereocenters. The van der Waals surface area contributed by atoms with Crippen LogP contribution in [0.1, 0.15) is 40.5 Å². The summed E-state index contributed by atoms with van der Waals surface area (Å²) in [6.45, 7) is 0. The first-order valence-electron chi connectivity index (χ1n) is 8.94. The first-order chi connectivity index (χ1) is 13.1. The summed E-state index contributed by atoms with van der Waals surface area (Å²) in [4.78, 5) is 16.3. The van der Waals surface area contributed by atoms with Crippen molar-refractivity contribution in [1.29, 1.82) is 0 Å². The van der Waals surface area contributed by atoms with Gasteiger partial charge >= 0.3 is 0 Å². The van der Waals surface area contributed by atoms with Gasteiger partial charge in [0.15, 0.2) is 11.5 Å². The summed E-state index contributed by atoms with van der Waals surface area (Å²) in [5.74, 6) is 0.990. The van der Waals surface area contributed by atoms with Gasteiger partial charge in [0.25, 0.3) is 5.91 Å². The number of benzene rings is 2. The first kappa shape index (κ1) is 17.7. The molecule has 0 radical (unpaired) electrons. The number of methoxy groups -OCH3 is 2. The van der Waals surface area contributed by atoms with Gasteiger partial charge in [0.2, 0.25) is 0 Å². The highest BCUT2D eigenvalue weighted by molar-refractivity contribution is 6.35. The van der Waals surface area contributed by atoms with E-state index in [0.717, 1.165) is 35.9 Å². The Labute approximate surface area is 162 Å². The second-order valence-electron chi connectivity index (χ2n) is 6.67. The fourth-order valence-electron chi connectivity index (χ4n) is 3.82. The summed E-state index contributed by atoms with van der Waals surface area (Å²) in [5, 5.41) is 4.99. The number of rotatable bonds is 4.